The minimum atomic E-state index is -4.59. The number of aromatic hydroxyl groups is 1. The Labute approximate surface area is 168 Å². The van der Waals surface area contributed by atoms with Crippen LogP contribution in [0.4, 0.5) is 13.2 Å². The van der Waals surface area contributed by atoms with Gasteiger partial charge in [-0.2, -0.15) is 18.3 Å². The largest absolute Gasteiger partial charge is 0.507 e. The van der Waals surface area contributed by atoms with Crippen LogP contribution in [-0.4, -0.2) is 44.8 Å². The number of aliphatic hydroxyl groups excluding tert-OH is 1. The van der Waals surface area contributed by atoms with Gasteiger partial charge in [0.05, 0.1) is 29.7 Å². The van der Waals surface area contributed by atoms with Gasteiger partial charge in [0.1, 0.15) is 5.75 Å². The first-order valence-electron chi connectivity index (χ1n) is 9.20. The standard InChI is InChI=1S/C19H25F3N3O3P/c1-3-7-29(12-25-10-13(2)16(11-26)24-25)8-6-23-18(28)15-9-14(19(20,21)22)4-5-17(15)27/h4-5,9-10,26-27H,3,6-8,11-12H2,1-2H3,(H,23,28). The van der Waals surface area contributed by atoms with Crippen LogP contribution in [0.3, 0.4) is 0 Å². The molecule has 1 aromatic carbocycles. The van der Waals surface area contributed by atoms with Crippen LogP contribution in [0.1, 0.15) is 40.5 Å². The highest BCUT2D eigenvalue weighted by Gasteiger charge is 2.31. The van der Waals surface area contributed by atoms with Gasteiger partial charge in [-0.1, -0.05) is 21.3 Å². The van der Waals surface area contributed by atoms with Gasteiger partial charge in [-0.25, -0.2) is 0 Å². The monoisotopic (exact) mass is 431 g/mol. The van der Waals surface area contributed by atoms with E-state index in [1.807, 2.05) is 13.1 Å². The smallest absolute Gasteiger partial charge is 0.416 e. The number of aliphatic hydroxyl groups is 1. The number of rotatable bonds is 9. The molecule has 0 bridgehead atoms. The first kappa shape index (κ1) is 23.2. The van der Waals surface area contributed by atoms with Gasteiger partial charge in [0.2, 0.25) is 0 Å². The number of nitrogens with one attached hydrogen (secondary N) is 1. The SMILES string of the molecule is CCCP(CCNC(=O)c1cc(C(F)(F)F)ccc1O)Cn1cc(C)c(CO)n1. The van der Waals surface area contributed by atoms with E-state index in [-0.39, 0.29) is 13.2 Å². The number of carbonyl (C=O) groups excluding carboxylic acids is 1. The Balaban J connectivity index is 1.97. The average molecular weight is 431 g/mol. The van der Waals surface area contributed by atoms with Gasteiger partial charge in [0.15, 0.2) is 0 Å². The van der Waals surface area contributed by atoms with Crippen molar-refractivity contribution in [1.82, 2.24) is 15.1 Å². The van der Waals surface area contributed by atoms with E-state index >= 15 is 0 Å². The minimum absolute atomic E-state index is 0.124. The number of amides is 1. The molecule has 160 valence electrons. The molecule has 0 aliphatic heterocycles. The first-order chi connectivity index (χ1) is 13.7. The first-order valence-corrected chi connectivity index (χ1v) is 11.1. The van der Waals surface area contributed by atoms with E-state index in [1.165, 1.54) is 0 Å². The Kier molecular flexibility index (Phi) is 8.05. The molecule has 1 atom stereocenters. The van der Waals surface area contributed by atoms with Gasteiger partial charge in [0.25, 0.3) is 5.91 Å². The maximum Gasteiger partial charge on any atom is 0.416 e. The molecule has 29 heavy (non-hydrogen) atoms. The fraction of sp³-hybridized carbons (Fsp3) is 0.474. The van der Waals surface area contributed by atoms with Gasteiger partial charge in [-0.05, 0) is 43.0 Å². The van der Waals surface area contributed by atoms with Crippen LogP contribution in [-0.2, 0) is 19.1 Å². The Morgan fingerprint density at radius 1 is 1.31 bits per heavy atom. The van der Waals surface area contributed by atoms with Crippen LogP contribution in [0.2, 0.25) is 0 Å². The number of benzene rings is 1. The molecule has 0 fully saturated rings. The maximum atomic E-state index is 12.8. The third-order valence-corrected chi connectivity index (χ3v) is 6.99. The van der Waals surface area contributed by atoms with Gasteiger partial charge < -0.3 is 15.5 Å². The van der Waals surface area contributed by atoms with E-state index in [0.29, 0.717) is 24.2 Å². The normalized spacial score (nSPS) is 12.8. The van der Waals surface area contributed by atoms with Crippen molar-refractivity contribution in [2.75, 3.05) is 18.9 Å². The summed E-state index contributed by atoms with van der Waals surface area (Å²) < 4.78 is 40.3. The number of hydrogen-bond donors (Lipinski definition) is 3. The minimum Gasteiger partial charge on any atom is -0.507 e. The van der Waals surface area contributed by atoms with E-state index in [9.17, 15) is 28.2 Å². The molecule has 3 N–H and O–H groups in total. The topological polar surface area (TPSA) is 87.4 Å². The Bertz CT molecular complexity index is 840. The molecule has 1 aromatic heterocycles. The lowest BCUT2D eigenvalue weighted by Crippen LogP contribution is -2.27. The molecular weight excluding hydrogens is 406 g/mol. The third kappa shape index (κ3) is 6.44. The molecule has 1 unspecified atom stereocenters. The zero-order valence-corrected chi connectivity index (χ0v) is 17.2. The van der Waals surface area contributed by atoms with E-state index < -0.39 is 36.9 Å². The molecule has 2 aromatic rings. The molecule has 0 aliphatic rings. The molecule has 0 radical (unpaired) electrons. The summed E-state index contributed by atoms with van der Waals surface area (Å²) in [5.41, 5.74) is 0.161. The zero-order chi connectivity index (χ0) is 21.6. The average Bonchev–Trinajstić information content (AvgIpc) is 3.00. The zero-order valence-electron chi connectivity index (χ0n) is 16.3. The lowest BCUT2D eigenvalue weighted by molar-refractivity contribution is -0.137. The number of halogens is 3. The Hall–Kier alpha value is -2.12. The molecule has 1 heterocycles. The molecule has 0 saturated carbocycles. The summed E-state index contributed by atoms with van der Waals surface area (Å²) in [4.78, 5) is 12.3. The van der Waals surface area contributed by atoms with Crippen molar-refractivity contribution in [3.63, 3.8) is 0 Å². The second-order valence-electron chi connectivity index (χ2n) is 6.70. The van der Waals surface area contributed by atoms with Crippen LogP contribution in [0, 0.1) is 6.92 Å². The number of phenols is 1. The quantitative estimate of drug-likeness (QED) is 0.529. The number of alkyl halides is 3. The Morgan fingerprint density at radius 2 is 2.03 bits per heavy atom. The van der Waals surface area contributed by atoms with Crippen molar-refractivity contribution >= 4 is 13.8 Å². The lowest BCUT2D eigenvalue weighted by Gasteiger charge is -2.18. The van der Waals surface area contributed by atoms with Crippen molar-refractivity contribution in [3.8, 4) is 5.75 Å². The molecule has 6 nitrogen and oxygen atoms in total. The maximum absolute atomic E-state index is 12.8. The number of aryl methyl sites for hydroxylation is 1. The fourth-order valence-electron chi connectivity index (χ4n) is 2.88. The van der Waals surface area contributed by atoms with Crippen LogP contribution >= 0.6 is 7.92 Å². The summed E-state index contributed by atoms with van der Waals surface area (Å²) in [6, 6.07) is 2.27. The molecular formula is C19H25F3N3O3P. The second-order valence-corrected chi connectivity index (χ2v) is 9.22. The summed E-state index contributed by atoms with van der Waals surface area (Å²) >= 11 is 0. The van der Waals surface area contributed by atoms with E-state index in [1.54, 1.807) is 4.68 Å². The van der Waals surface area contributed by atoms with Crippen LogP contribution in [0.5, 0.6) is 5.75 Å². The number of nitrogens with zero attached hydrogens (tertiary/aromatic N) is 2. The predicted octanol–water partition coefficient (Wildman–Crippen LogP) is 3.69. The predicted molar refractivity (Wildman–Crippen MR) is 105 cm³/mol. The number of carbonyl (C=O) groups is 1. The third-order valence-electron chi connectivity index (χ3n) is 4.36. The highest BCUT2D eigenvalue weighted by Crippen LogP contribution is 2.37. The summed E-state index contributed by atoms with van der Waals surface area (Å²) in [6.07, 6.45) is 0.536. The molecule has 0 spiro atoms. The molecule has 10 heteroatoms. The number of phenolic OH excluding ortho intramolecular Hbond substituents is 1. The van der Waals surface area contributed by atoms with Gasteiger partial charge in [-0.15, -0.1) is 0 Å². The summed E-state index contributed by atoms with van der Waals surface area (Å²) in [5, 5.41) is 26.0. The van der Waals surface area contributed by atoms with E-state index in [2.05, 4.69) is 17.3 Å². The van der Waals surface area contributed by atoms with Crippen LogP contribution in [0.25, 0.3) is 0 Å². The molecule has 0 saturated heterocycles. The van der Waals surface area contributed by atoms with E-state index in [4.69, 9.17) is 0 Å². The van der Waals surface area contributed by atoms with Crippen molar-refractivity contribution in [2.24, 2.45) is 0 Å². The summed E-state index contributed by atoms with van der Waals surface area (Å²) in [7, 11) is -0.511. The number of aromatic nitrogens is 2. The van der Waals surface area contributed by atoms with Gasteiger partial charge in [-0.3, -0.25) is 9.48 Å². The lowest BCUT2D eigenvalue weighted by atomic mass is 10.1. The number of hydrogen-bond acceptors (Lipinski definition) is 4. The fourth-order valence-corrected chi connectivity index (χ4v) is 5.00. The van der Waals surface area contributed by atoms with Crippen molar-refractivity contribution in [2.45, 2.75) is 39.3 Å². The second kappa shape index (κ2) is 10.1. The van der Waals surface area contributed by atoms with Gasteiger partial charge >= 0.3 is 6.18 Å². The van der Waals surface area contributed by atoms with Gasteiger partial charge in [0, 0.05) is 12.7 Å². The summed E-state index contributed by atoms with van der Waals surface area (Å²) in [6.45, 7) is 4.09. The van der Waals surface area contributed by atoms with Crippen molar-refractivity contribution in [3.05, 3.63) is 46.8 Å². The van der Waals surface area contributed by atoms with Crippen LogP contribution in [0.15, 0.2) is 24.4 Å². The van der Waals surface area contributed by atoms with Crippen molar-refractivity contribution < 1.29 is 28.2 Å². The van der Waals surface area contributed by atoms with E-state index in [0.717, 1.165) is 30.3 Å². The highest BCUT2D eigenvalue weighted by atomic mass is 31.1. The van der Waals surface area contributed by atoms with Crippen LogP contribution < -0.4 is 5.32 Å². The molecule has 1 amide bonds. The molecule has 2 rings (SSSR count). The highest BCUT2D eigenvalue weighted by molar-refractivity contribution is 7.56. The molecule has 0 aliphatic carbocycles. The Morgan fingerprint density at radius 3 is 2.62 bits per heavy atom. The summed E-state index contributed by atoms with van der Waals surface area (Å²) in [5.74, 6) is -1.23. The van der Waals surface area contributed by atoms with Crippen molar-refractivity contribution in [1.29, 1.82) is 0 Å².